The first-order valence-corrected chi connectivity index (χ1v) is 11.9. The van der Waals surface area contributed by atoms with Crippen LogP contribution in [0.3, 0.4) is 0 Å². The SMILES string of the molecule is C[C@@H](O)[C@H](NC(=O)OCc1ccccc1)C(=O)N[C@H](Cc1c2ccccc2cc2ccccc12)C(=O)O. The van der Waals surface area contributed by atoms with Crippen LogP contribution >= 0.6 is 0 Å². The Morgan fingerprint density at radius 1 is 0.838 bits per heavy atom. The molecule has 0 saturated carbocycles. The number of carbonyl (C=O) groups is 3. The second kappa shape index (κ2) is 11.5. The summed E-state index contributed by atoms with van der Waals surface area (Å²) < 4.78 is 5.15. The molecule has 0 aliphatic heterocycles. The van der Waals surface area contributed by atoms with Gasteiger partial charge in [0, 0.05) is 6.42 Å². The Balaban J connectivity index is 1.52. The molecule has 4 aromatic rings. The number of carboxylic acids is 1. The molecule has 37 heavy (non-hydrogen) atoms. The first-order valence-electron chi connectivity index (χ1n) is 11.9. The van der Waals surface area contributed by atoms with Crippen LogP contribution in [0.5, 0.6) is 0 Å². The molecule has 3 atom stereocenters. The summed E-state index contributed by atoms with van der Waals surface area (Å²) in [6.45, 7) is 1.31. The average Bonchev–Trinajstić information content (AvgIpc) is 2.90. The fourth-order valence-corrected chi connectivity index (χ4v) is 4.29. The maximum absolute atomic E-state index is 13.0. The van der Waals surface area contributed by atoms with Crippen molar-refractivity contribution in [3.8, 4) is 0 Å². The highest BCUT2D eigenvalue weighted by molar-refractivity contribution is 6.03. The van der Waals surface area contributed by atoms with Gasteiger partial charge in [-0.05, 0) is 45.7 Å². The topological polar surface area (TPSA) is 125 Å². The van der Waals surface area contributed by atoms with Gasteiger partial charge in [-0.15, -0.1) is 0 Å². The molecule has 0 aliphatic carbocycles. The van der Waals surface area contributed by atoms with Gasteiger partial charge in [0.15, 0.2) is 0 Å². The van der Waals surface area contributed by atoms with Gasteiger partial charge in [0.1, 0.15) is 18.7 Å². The first-order chi connectivity index (χ1) is 17.8. The zero-order valence-electron chi connectivity index (χ0n) is 20.3. The van der Waals surface area contributed by atoms with Crippen LogP contribution in [0.2, 0.25) is 0 Å². The smallest absolute Gasteiger partial charge is 0.408 e. The quantitative estimate of drug-likeness (QED) is 0.259. The van der Waals surface area contributed by atoms with Crippen molar-refractivity contribution in [2.45, 2.75) is 38.1 Å². The molecule has 0 unspecified atom stereocenters. The molecule has 8 heteroatoms. The van der Waals surface area contributed by atoms with Crippen molar-refractivity contribution in [1.29, 1.82) is 0 Å². The minimum atomic E-state index is -1.41. The Morgan fingerprint density at radius 2 is 1.41 bits per heavy atom. The van der Waals surface area contributed by atoms with E-state index >= 15 is 0 Å². The average molecular weight is 501 g/mol. The fourth-order valence-electron chi connectivity index (χ4n) is 4.29. The standard InChI is InChI=1S/C29H28N2O6/c1-18(32)26(31-29(36)37-17-19-9-3-2-4-10-19)27(33)30-25(28(34)35)16-24-22-13-7-5-11-20(22)15-21-12-6-8-14-23(21)24/h2-15,18,25-26,32H,16-17H2,1H3,(H,30,33)(H,31,36)(H,34,35)/t18-,25-,26+/m1/s1. The number of amides is 2. The molecule has 0 fully saturated rings. The molecule has 0 bridgehead atoms. The number of benzene rings is 4. The van der Waals surface area contributed by atoms with Crippen molar-refractivity contribution in [2.24, 2.45) is 0 Å². The van der Waals surface area contributed by atoms with Crippen molar-refractivity contribution in [1.82, 2.24) is 10.6 Å². The van der Waals surface area contributed by atoms with Gasteiger partial charge in [-0.25, -0.2) is 9.59 Å². The zero-order valence-corrected chi connectivity index (χ0v) is 20.3. The highest BCUT2D eigenvalue weighted by atomic mass is 16.5. The lowest BCUT2D eigenvalue weighted by Gasteiger charge is -2.24. The Bertz CT molecular complexity index is 1370. The van der Waals surface area contributed by atoms with Gasteiger partial charge < -0.3 is 25.6 Å². The number of ether oxygens (including phenoxy) is 1. The molecule has 0 spiro atoms. The van der Waals surface area contributed by atoms with Crippen LogP contribution in [0.25, 0.3) is 21.5 Å². The summed E-state index contributed by atoms with van der Waals surface area (Å²) in [6, 6.07) is 23.6. The predicted octanol–water partition coefficient (Wildman–Crippen LogP) is 3.78. The molecule has 8 nitrogen and oxygen atoms in total. The van der Waals surface area contributed by atoms with Crippen LogP contribution in [0.15, 0.2) is 84.9 Å². The third-order valence-electron chi connectivity index (χ3n) is 6.16. The monoisotopic (exact) mass is 500 g/mol. The molecule has 0 heterocycles. The number of carboxylic acid groups (broad SMARTS) is 1. The second-order valence-electron chi connectivity index (χ2n) is 8.83. The Morgan fingerprint density at radius 3 is 1.97 bits per heavy atom. The summed E-state index contributed by atoms with van der Waals surface area (Å²) in [7, 11) is 0. The van der Waals surface area contributed by atoms with E-state index in [0.717, 1.165) is 32.7 Å². The molecule has 0 saturated heterocycles. The molecule has 4 N–H and O–H groups in total. The van der Waals surface area contributed by atoms with E-state index in [9.17, 15) is 24.6 Å². The van der Waals surface area contributed by atoms with Gasteiger partial charge in [0.2, 0.25) is 5.91 Å². The largest absolute Gasteiger partial charge is 0.480 e. The molecular weight excluding hydrogens is 472 g/mol. The first kappa shape index (κ1) is 25.7. The van der Waals surface area contributed by atoms with Gasteiger partial charge in [-0.2, -0.15) is 0 Å². The molecule has 4 rings (SSSR count). The maximum Gasteiger partial charge on any atom is 0.408 e. The third kappa shape index (κ3) is 6.23. The van der Waals surface area contributed by atoms with Crippen LogP contribution in [-0.2, 0) is 27.4 Å². The highest BCUT2D eigenvalue weighted by Gasteiger charge is 2.31. The Labute approximate surface area is 213 Å². The highest BCUT2D eigenvalue weighted by Crippen LogP contribution is 2.29. The van der Waals surface area contributed by atoms with Gasteiger partial charge in [0.05, 0.1) is 6.10 Å². The molecule has 0 radical (unpaired) electrons. The zero-order chi connectivity index (χ0) is 26.4. The van der Waals surface area contributed by atoms with Crippen LogP contribution < -0.4 is 10.6 Å². The number of aliphatic carboxylic acids is 1. The summed E-state index contributed by atoms with van der Waals surface area (Å²) in [6.07, 6.45) is -2.19. The number of rotatable bonds is 9. The lowest BCUT2D eigenvalue weighted by molar-refractivity contribution is -0.142. The summed E-state index contributed by atoms with van der Waals surface area (Å²) in [5, 5.41) is 28.6. The summed E-state index contributed by atoms with van der Waals surface area (Å²) in [5.74, 6) is -2.06. The number of alkyl carbamates (subject to hydrolysis) is 1. The molecule has 2 amide bonds. The third-order valence-corrected chi connectivity index (χ3v) is 6.16. The van der Waals surface area contributed by atoms with Gasteiger partial charge in [-0.3, -0.25) is 4.79 Å². The van der Waals surface area contributed by atoms with Gasteiger partial charge in [-0.1, -0.05) is 78.9 Å². The number of nitrogens with one attached hydrogen (secondary N) is 2. The fraction of sp³-hybridized carbons (Fsp3) is 0.207. The number of hydrogen-bond acceptors (Lipinski definition) is 5. The summed E-state index contributed by atoms with van der Waals surface area (Å²) in [4.78, 5) is 37.5. The van der Waals surface area contributed by atoms with E-state index in [-0.39, 0.29) is 13.0 Å². The van der Waals surface area contributed by atoms with E-state index < -0.39 is 36.2 Å². The lowest BCUT2D eigenvalue weighted by atomic mass is 9.92. The molecule has 0 aromatic heterocycles. The molecule has 0 aliphatic rings. The van der Waals surface area contributed by atoms with Crippen molar-refractivity contribution >= 4 is 39.5 Å². The van der Waals surface area contributed by atoms with E-state index in [1.54, 1.807) is 24.3 Å². The number of carbonyl (C=O) groups excluding carboxylic acids is 2. The molecular formula is C29H28N2O6. The lowest BCUT2D eigenvalue weighted by Crippen LogP contribution is -2.56. The van der Waals surface area contributed by atoms with E-state index in [1.807, 2.05) is 60.7 Å². The number of aliphatic hydroxyl groups excluding tert-OH is 1. The number of hydrogen-bond donors (Lipinski definition) is 4. The summed E-state index contributed by atoms with van der Waals surface area (Å²) in [5.41, 5.74) is 1.54. The van der Waals surface area contributed by atoms with Crippen LogP contribution in [0, 0.1) is 0 Å². The second-order valence-corrected chi connectivity index (χ2v) is 8.83. The normalized spacial score (nSPS) is 13.5. The van der Waals surface area contributed by atoms with E-state index in [0.29, 0.717) is 0 Å². The van der Waals surface area contributed by atoms with Crippen molar-refractivity contribution in [2.75, 3.05) is 0 Å². The number of fused-ring (bicyclic) bond motifs is 2. The van der Waals surface area contributed by atoms with Crippen LogP contribution in [0.1, 0.15) is 18.1 Å². The Hall–Kier alpha value is -4.43. The predicted molar refractivity (Wildman–Crippen MR) is 140 cm³/mol. The minimum Gasteiger partial charge on any atom is -0.480 e. The number of aliphatic hydroxyl groups is 1. The van der Waals surface area contributed by atoms with Crippen molar-refractivity contribution < 1.29 is 29.3 Å². The summed E-state index contributed by atoms with van der Waals surface area (Å²) >= 11 is 0. The van der Waals surface area contributed by atoms with Crippen molar-refractivity contribution in [3.63, 3.8) is 0 Å². The van der Waals surface area contributed by atoms with E-state index in [1.165, 1.54) is 6.92 Å². The maximum atomic E-state index is 13.0. The minimum absolute atomic E-state index is 0.00786. The Kier molecular flexibility index (Phi) is 8.00. The van der Waals surface area contributed by atoms with Gasteiger partial charge >= 0.3 is 12.1 Å². The van der Waals surface area contributed by atoms with Crippen LogP contribution in [-0.4, -0.2) is 46.4 Å². The van der Waals surface area contributed by atoms with E-state index in [4.69, 9.17) is 4.74 Å². The van der Waals surface area contributed by atoms with Gasteiger partial charge in [0.25, 0.3) is 0 Å². The molecule has 4 aromatic carbocycles. The van der Waals surface area contributed by atoms with E-state index in [2.05, 4.69) is 10.6 Å². The molecule has 190 valence electrons. The van der Waals surface area contributed by atoms with Crippen molar-refractivity contribution in [3.05, 3.63) is 96.1 Å². The van der Waals surface area contributed by atoms with Crippen LogP contribution in [0.4, 0.5) is 4.79 Å².